The molecule has 16 nitrogen and oxygen atoms in total. The molecule has 3 heterocycles. The molecule has 1 fully saturated rings. The molecule has 0 saturated carbocycles. The minimum Gasteiger partial charge on any atom is -0.387 e. The summed E-state index contributed by atoms with van der Waals surface area (Å²) in [4.78, 5) is 49.4. The lowest BCUT2D eigenvalue weighted by atomic mass is 10.1. The third-order valence-corrected chi connectivity index (χ3v) is 15.9. The first-order valence-corrected chi connectivity index (χ1v) is 16.9. The molecule has 1 aliphatic heterocycles. The van der Waals surface area contributed by atoms with Crippen molar-refractivity contribution in [3.8, 4) is 0 Å². The number of hydrogen-bond acceptors (Lipinski definition) is 11. The molecule has 1 aliphatic rings. The van der Waals surface area contributed by atoms with E-state index in [1.54, 1.807) is 0 Å². The fourth-order valence-corrected chi connectivity index (χ4v) is 9.06. The van der Waals surface area contributed by atoms with E-state index in [-0.39, 0.29) is 5.65 Å². The molecule has 0 aliphatic carbocycles. The number of rotatable bonds is 10. The Morgan fingerprint density at radius 2 is 1.70 bits per heavy atom. The Balaban J connectivity index is 1.47. The summed E-state index contributed by atoms with van der Waals surface area (Å²) in [5.41, 5.74) is 1.67. The van der Waals surface area contributed by atoms with Crippen LogP contribution in [0.3, 0.4) is 0 Å². The van der Waals surface area contributed by atoms with E-state index in [9.17, 15) is 33.7 Å². The van der Waals surface area contributed by atoms with Gasteiger partial charge in [0.05, 0.1) is 12.9 Å². The minimum absolute atomic E-state index is 0.226. The summed E-state index contributed by atoms with van der Waals surface area (Å²) in [7, 11) is -11.6. The Hall–Kier alpha value is -2.06. The fourth-order valence-electron chi connectivity index (χ4n) is 3.63. The van der Waals surface area contributed by atoms with E-state index in [0.717, 1.165) is 5.56 Å². The van der Waals surface area contributed by atoms with Crippen molar-refractivity contribution in [3.63, 3.8) is 0 Å². The molecule has 1 saturated heterocycles. The summed E-state index contributed by atoms with van der Waals surface area (Å²) >= 11 is 0. The maximum atomic E-state index is 12.0. The second-order valence-electron chi connectivity index (χ2n) is 8.07. The molecular weight excluding hydrogens is 555 g/mol. The highest BCUT2D eigenvalue weighted by Gasteiger charge is 2.58. The molecule has 0 spiro atoms. The largest absolute Gasteiger partial charge is 0.422 e. The van der Waals surface area contributed by atoms with Gasteiger partial charge in [0, 0.05) is 6.54 Å². The van der Waals surface area contributed by atoms with Gasteiger partial charge in [0.1, 0.15) is 24.6 Å². The Labute approximate surface area is 208 Å². The standard InChI is InChI=1S/C18H24N5O11P3/c24-14-12(8-33-36(29,30)37(31,32)35(26,27)28)34-18(15(14)25)23-10-22-13-16(20-9-21-17(13)23)19-7-6-11-4-2-1-3-5-11/h1-5,9-10,12,14-15,18,24-25H,6-8H2,(H,29,30)(H,31,32)(H,19,20,21)(H2,26,27,28)/t12-,14-,15-,18-/m1/s1. The van der Waals surface area contributed by atoms with E-state index < -0.39 is 52.5 Å². The van der Waals surface area contributed by atoms with Gasteiger partial charge in [0.15, 0.2) is 23.2 Å². The molecule has 0 radical (unpaired) electrons. The first-order chi connectivity index (χ1) is 17.3. The highest BCUT2D eigenvalue weighted by Crippen LogP contribution is 2.94. The van der Waals surface area contributed by atoms with Crippen LogP contribution in [0.5, 0.6) is 0 Å². The number of benzene rings is 1. The van der Waals surface area contributed by atoms with E-state index >= 15 is 0 Å². The number of imidazole rings is 1. The number of aliphatic hydroxyl groups excluding tert-OH is 2. The minimum atomic E-state index is -5.99. The maximum absolute atomic E-state index is 12.0. The van der Waals surface area contributed by atoms with Crippen LogP contribution in [0, 0.1) is 0 Å². The summed E-state index contributed by atoms with van der Waals surface area (Å²) in [5.74, 6) is 0.407. The zero-order valence-electron chi connectivity index (χ0n) is 18.8. The molecule has 6 atom stereocenters. The van der Waals surface area contributed by atoms with E-state index in [0.29, 0.717) is 24.3 Å². The molecule has 7 N–H and O–H groups in total. The third kappa shape index (κ3) is 5.56. The highest BCUT2D eigenvalue weighted by molar-refractivity contribution is 8.60. The number of fused-ring (bicyclic) bond motifs is 1. The van der Waals surface area contributed by atoms with Crippen molar-refractivity contribution in [3.05, 3.63) is 48.5 Å². The zero-order chi connectivity index (χ0) is 27.0. The Bertz CT molecular complexity index is 1400. The summed E-state index contributed by atoms with van der Waals surface area (Å²) < 4.78 is 46.2. The first kappa shape index (κ1) is 28.0. The van der Waals surface area contributed by atoms with Gasteiger partial charge >= 0.3 is 21.3 Å². The predicted octanol–water partition coefficient (Wildman–Crippen LogP) is 0.580. The van der Waals surface area contributed by atoms with Crippen LogP contribution in [0.1, 0.15) is 11.8 Å². The summed E-state index contributed by atoms with van der Waals surface area (Å²) in [6, 6.07) is 9.74. The summed E-state index contributed by atoms with van der Waals surface area (Å²) in [6.45, 7) is -6.49. The second-order valence-corrected chi connectivity index (χ2v) is 18.6. The molecule has 1 aromatic carbocycles. The molecule has 3 aromatic rings. The summed E-state index contributed by atoms with van der Waals surface area (Å²) in [5, 5.41) is 24.0. The third-order valence-electron chi connectivity index (χ3n) is 5.59. The lowest BCUT2D eigenvalue weighted by Gasteiger charge is -2.21. The number of hydrogen-bond donors (Lipinski definition) is 7. The topological polar surface area (TPSA) is 247 Å². The van der Waals surface area contributed by atoms with Gasteiger partial charge in [-0.1, -0.05) is 30.3 Å². The van der Waals surface area contributed by atoms with Gasteiger partial charge < -0.3 is 39.8 Å². The molecule has 4 rings (SSSR count). The molecule has 19 heteroatoms. The second kappa shape index (κ2) is 10.6. The molecule has 0 amide bonds. The van der Waals surface area contributed by atoms with Crippen molar-refractivity contribution in [2.75, 3.05) is 18.5 Å². The first-order valence-electron chi connectivity index (χ1n) is 10.7. The zero-order valence-corrected chi connectivity index (χ0v) is 21.5. The molecule has 202 valence electrons. The number of ether oxygens (including phenoxy) is 1. The van der Waals surface area contributed by atoms with Gasteiger partial charge in [0.25, 0.3) is 0 Å². The SMILES string of the molecule is O=P(O)(O)P(=O)(O)P(=O)(O)OC[C@H]1O[C@@H](n2cnc3c(NCCc4ccccc4)ncnc32)[C@H](O)[C@@H]1O. The number of anilines is 1. The van der Waals surface area contributed by atoms with Crippen molar-refractivity contribution in [2.45, 2.75) is 31.0 Å². The maximum Gasteiger partial charge on any atom is 0.422 e. The van der Waals surface area contributed by atoms with Crippen LogP contribution in [0.4, 0.5) is 5.82 Å². The van der Waals surface area contributed by atoms with Gasteiger partial charge in [-0.3, -0.25) is 13.7 Å². The monoisotopic (exact) mass is 579 g/mol. The van der Waals surface area contributed by atoms with E-state index in [1.807, 2.05) is 30.3 Å². The number of nitrogens with one attached hydrogen (secondary N) is 1. The molecule has 0 bridgehead atoms. The van der Waals surface area contributed by atoms with Crippen LogP contribution >= 0.6 is 21.3 Å². The van der Waals surface area contributed by atoms with Crippen molar-refractivity contribution in [1.82, 2.24) is 19.5 Å². The van der Waals surface area contributed by atoms with Gasteiger partial charge in [-0.2, -0.15) is 0 Å². The number of aliphatic hydroxyl groups is 2. The number of aromatic nitrogens is 4. The molecule has 2 unspecified atom stereocenters. The van der Waals surface area contributed by atoms with Crippen LogP contribution in [0.2, 0.25) is 0 Å². The van der Waals surface area contributed by atoms with Crippen LogP contribution < -0.4 is 5.32 Å². The van der Waals surface area contributed by atoms with Gasteiger partial charge in [-0.25, -0.2) is 24.1 Å². The van der Waals surface area contributed by atoms with Crippen LogP contribution in [0.15, 0.2) is 43.0 Å². The normalized spacial score (nSPS) is 25.6. The van der Waals surface area contributed by atoms with E-state index in [4.69, 9.17) is 14.5 Å². The Morgan fingerprint density at radius 1 is 1.00 bits per heavy atom. The smallest absolute Gasteiger partial charge is 0.387 e. The highest BCUT2D eigenvalue weighted by atomic mass is 32.5. The average Bonchev–Trinajstić information content (AvgIpc) is 3.39. The van der Waals surface area contributed by atoms with Crippen molar-refractivity contribution < 1.29 is 52.7 Å². The molecule has 37 heavy (non-hydrogen) atoms. The van der Waals surface area contributed by atoms with Crippen LogP contribution in [0.25, 0.3) is 11.2 Å². The quantitative estimate of drug-likeness (QED) is 0.162. The van der Waals surface area contributed by atoms with Gasteiger partial charge in [0.2, 0.25) is 0 Å². The van der Waals surface area contributed by atoms with E-state index in [2.05, 4.69) is 24.8 Å². The predicted molar refractivity (Wildman–Crippen MR) is 128 cm³/mol. The van der Waals surface area contributed by atoms with Crippen LogP contribution in [-0.4, -0.2) is 80.8 Å². The Morgan fingerprint density at radius 3 is 2.38 bits per heavy atom. The van der Waals surface area contributed by atoms with E-state index in [1.165, 1.54) is 17.2 Å². The summed E-state index contributed by atoms with van der Waals surface area (Å²) in [6.07, 6.45) is -2.90. The molecule has 2 aromatic heterocycles. The van der Waals surface area contributed by atoms with Crippen molar-refractivity contribution >= 4 is 38.3 Å². The van der Waals surface area contributed by atoms with Gasteiger partial charge in [-0.05, 0) is 12.0 Å². The average molecular weight is 579 g/mol. The van der Waals surface area contributed by atoms with Crippen molar-refractivity contribution in [2.24, 2.45) is 0 Å². The van der Waals surface area contributed by atoms with Gasteiger partial charge in [-0.15, -0.1) is 0 Å². The Kier molecular flexibility index (Phi) is 8.01. The fraction of sp³-hybridized carbons (Fsp3) is 0.389. The molecular formula is C18H24N5O11P3. The number of nitrogens with zero attached hydrogens (tertiary/aromatic N) is 4. The van der Waals surface area contributed by atoms with Crippen molar-refractivity contribution in [1.29, 1.82) is 0 Å². The van der Waals surface area contributed by atoms with Crippen LogP contribution in [-0.2, 0) is 29.4 Å². The lowest BCUT2D eigenvalue weighted by Crippen LogP contribution is -2.33. The lowest BCUT2D eigenvalue weighted by molar-refractivity contribution is -0.0480.